The van der Waals surface area contributed by atoms with E-state index < -0.39 is 0 Å². The lowest BCUT2D eigenvalue weighted by atomic mass is 10.1. The Kier molecular flexibility index (Phi) is 5.94. The maximum absolute atomic E-state index is 8.61. The highest BCUT2D eigenvalue weighted by Gasteiger charge is 2.02. The van der Waals surface area contributed by atoms with Crippen LogP contribution >= 0.6 is 0 Å². The van der Waals surface area contributed by atoms with Crippen LogP contribution in [0.5, 0.6) is 5.75 Å². The van der Waals surface area contributed by atoms with Crippen molar-refractivity contribution in [1.82, 2.24) is 0 Å². The lowest BCUT2D eigenvalue weighted by Gasteiger charge is -2.08. The SMILES string of the molecule is CCCCCCc1ccccc1O[B]O. The predicted octanol–water partition coefficient (Wildman–Crippen LogP) is 2.71. The minimum absolute atomic E-state index is 0.741. The Morgan fingerprint density at radius 1 is 1.20 bits per heavy atom. The van der Waals surface area contributed by atoms with E-state index >= 15 is 0 Å². The van der Waals surface area contributed by atoms with Crippen LogP contribution in [0, 0.1) is 0 Å². The first-order valence-corrected chi connectivity index (χ1v) is 5.59. The zero-order valence-electron chi connectivity index (χ0n) is 9.28. The molecule has 0 saturated heterocycles. The van der Waals surface area contributed by atoms with Gasteiger partial charge in [-0.25, -0.2) is 0 Å². The normalized spacial score (nSPS) is 10.0. The van der Waals surface area contributed by atoms with Crippen molar-refractivity contribution in [2.75, 3.05) is 0 Å². The second-order valence-corrected chi connectivity index (χ2v) is 3.64. The third kappa shape index (κ3) is 4.39. The van der Waals surface area contributed by atoms with Gasteiger partial charge in [-0.05, 0) is 24.5 Å². The number of para-hydroxylation sites is 1. The summed E-state index contributed by atoms with van der Waals surface area (Å²) in [5.74, 6) is 0.761. The topological polar surface area (TPSA) is 29.5 Å². The highest BCUT2D eigenvalue weighted by Crippen LogP contribution is 2.19. The van der Waals surface area contributed by atoms with Crippen molar-refractivity contribution in [2.24, 2.45) is 0 Å². The van der Waals surface area contributed by atoms with E-state index in [1.54, 1.807) is 0 Å². The molecule has 3 heteroatoms. The van der Waals surface area contributed by atoms with Gasteiger partial charge in [-0.15, -0.1) is 0 Å². The average molecular weight is 205 g/mol. The number of aryl methyl sites for hydroxylation is 1. The first kappa shape index (κ1) is 12.1. The zero-order chi connectivity index (χ0) is 10.9. The second-order valence-electron chi connectivity index (χ2n) is 3.64. The van der Waals surface area contributed by atoms with Crippen LogP contribution in [0.1, 0.15) is 38.2 Å². The Morgan fingerprint density at radius 3 is 2.73 bits per heavy atom. The van der Waals surface area contributed by atoms with E-state index in [1.165, 1.54) is 31.2 Å². The Bertz CT molecular complexity index is 276. The summed E-state index contributed by atoms with van der Waals surface area (Å²) in [7, 11) is 0.741. The Balaban J connectivity index is 2.44. The van der Waals surface area contributed by atoms with Crippen molar-refractivity contribution in [3.63, 3.8) is 0 Å². The molecule has 0 bridgehead atoms. The van der Waals surface area contributed by atoms with Gasteiger partial charge in [0, 0.05) is 0 Å². The molecule has 0 aromatic heterocycles. The maximum atomic E-state index is 8.61. The molecule has 0 aliphatic heterocycles. The molecule has 1 rings (SSSR count). The van der Waals surface area contributed by atoms with E-state index in [4.69, 9.17) is 9.68 Å². The molecule has 0 spiro atoms. The molecule has 0 aliphatic carbocycles. The Hall–Kier alpha value is -0.955. The van der Waals surface area contributed by atoms with Crippen molar-refractivity contribution in [1.29, 1.82) is 0 Å². The fourth-order valence-electron chi connectivity index (χ4n) is 1.62. The molecule has 2 nitrogen and oxygen atoms in total. The summed E-state index contributed by atoms with van der Waals surface area (Å²) >= 11 is 0. The van der Waals surface area contributed by atoms with E-state index in [-0.39, 0.29) is 0 Å². The van der Waals surface area contributed by atoms with Crippen LogP contribution in [0.15, 0.2) is 24.3 Å². The minimum atomic E-state index is 0.741. The van der Waals surface area contributed by atoms with Crippen LogP contribution in [-0.2, 0) is 6.42 Å². The fourth-order valence-corrected chi connectivity index (χ4v) is 1.62. The van der Waals surface area contributed by atoms with E-state index in [0.717, 1.165) is 19.9 Å². The third-order valence-corrected chi connectivity index (χ3v) is 2.45. The van der Waals surface area contributed by atoms with Gasteiger partial charge < -0.3 is 9.68 Å². The fraction of sp³-hybridized carbons (Fsp3) is 0.500. The molecule has 1 N–H and O–H groups in total. The molecule has 0 unspecified atom stereocenters. The van der Waals surface area contributed by atoms with Gasteiger partial charge in [0.05, 0.1) is 0 Å². The summed E-state index contributed by atoms with van der Waals surface area (Å²) < 4.78 is 5.02. The molecular weight excluding hydrogens is 187 g/mol. The van der Waals surface area contributed by atoms with Crippen molar-refractivity contribution in [2.45, 2.75) is 39.0 Å². The molecule has 0 heterocycles. The molecule has 0 fully saturated rings. The van der Waals surface area contributed by atoms with Gasteiger partial charge in [0.2, 0.25) is 0 Å². The van der Waals surface area contributed by atoms with Gasteiger partial charge in [-0.2, -0.15) is 0 Å². The highest BCUT2D eigenvalue weighted by molar-refractivity contribution is 6.17. The lowest BCUT2D eigenvalue weighted by Crippen LogP contribution is -2.02. The van der Waals surface area contributed by atoms with E-state index in [9.17, 15) is 0 Å². The van der Waals surface area contributed by atoms with E-state index in [0.29, 0.717) is 0 Å². The van der Waals surface area contributed by atoms with Gasteiger partial charge in [0.15, 0.2) is 0 Å². The standard InChI is InChI=1S/C12H18BO2/c1-2-3-4-5-8-11-9-6-7-10-12(11)15-13-14/h6-7,9-10,14H,2-5,8H2,1H3. The van der Waals surface area contributed by atoms with Gasteiger partial charge in [-0.1, -0.05) is 44.4 Å². The van der Waals surface area contributed by atoms with E-state index in [1.807, 2.05) is 24.3 Å². The molecule has 0 atom stereocenters. The summed E-state index contributed by atoms with van der Waals surface area (Å²) in [5, 5.41) is 8.61. The summed E-state index contributed by atoms with van der Waals surface area (Å²) in [4.78, 5) is 0. The van der Waals surface area contributed by atoms with Crippen LogP contribution in [0.25, 0.3) is 0 Å². The van der Waals surface area contributed by atoms with Gasteiger partial charge in [0.1, 0.15) is 5.75 Å². The first-order chi connectivity index (χ1) is 7.38. The molecule has 15 heavy (non-hydrogen) atoms. The van der Waals surface area contributed by atoms with Crippen molar-refractivity contribution < 1.29 is 9.68 Å². The molecule has 1 aromatic rings. The lowest BCUT2D eigenvalue weighted by molar-refractivity contribution is 0.449. The minimum Gasteiger partial charge on any atom is -0.537 e. The second kappa shape index (κ2) is 7.35. The van der Waals surface area contributed by atoms with Crippen molar-refractivity contribution in [3.8, 4) is 5.75 Å². The number of rotatable bonds is 7. The monoisotopic (exact) mass is 205 g/mol. The number of unbranched alkanes of at least 4 members (excludes halogenated alkanes) is 3. The van der Waals surface area contributed by atoms with Crippen LogP contribution in [0.2, 0.25) is 0 Å². The summed E-state index contributed by atoms with van der Waals surface area (Å²) in [5.41, 5.74) is 1.17. The van der Waals surface area contributed by atoms with Crippen LogP contribution < -0.4 is 4.65 Å². The van der Waals surface area contributed by atoms with Crippen LogP contribution in [0.4, 0.5) is 0 Å². The smallest absolute Gasteiger partial charge is 0.537 e. The van der Waals surface area contributed by atoms with E-state index in [2.05, 4.69) is 6.92 Å². The molecular formula is C12H18BO2. The van der Waals surface area contributed by atoms with Gasteiger partial charge in [-0.3, -0.25) is 0 Å². The third-order valence-electron chi connectivity index (χ3n) is 2.45. The average Bonchev–Trinajstić information content (AvgIpc) is 2.27. The quantitative estimate of drug-likeness (QED) is 0.547. The molecule has 0 aliphatic rings. The predicted molar refractivity (Wildman–Crippen MR) is 62.9 cm³/mol. The maximum Gasteiger partial charge on any atom is 0.569 e. The van der Waals surface area contributed by atoms with Crippen LogP contribution in [-0.4, -0.2) is 12.7 Å². The zero-order valence-corrected chi connectivity index (χ0v) is 9.28. The molecule has 0 amide bonds. The Labute approximate surface area is 92.6 Å². The van der Waals surface area contributed by atoms with Crippen LogP contribution in [0.3, 0.4) is 0 Å². The summed E-state index contributed by atoms with van der Waals surface area (Å²) in [6.45, 7) is 2.21. The number of benzene rings is 1. The summed E-state index contributed by atoms with van der Waals surface area (Å²) in [6, 6.07) is 7.83. The number of hydrogen-bond acceptors (Lipinski definition) is 2. The van der Waals surface area contributed by atoms with Gasteiger partial charge >= 0.3 is 7.69 Å². The van der Waals surface area contributed by atoms with Crippen molar-refractivity contribution >= 4 is 7.69 Å². The molecule has 1 radical (unpaired) electrons. The largest absolute Gasteiger partial charge is 0.569 e. The highest BCUT2D eigenvalue weighted by atomic mass is 16.5. The molecule has 1 aromatic carbocycles. The molecule has 0 saturated carbocycles. The first-order valence-electron chi connectivity index (χ1n) is 5.59. The van der Waals surface area contributed by atoms with Crippen molar-refractivity contribution in [3.05, 3.63) is 29.8 Å². The Morgan fingerprint density at radius 2 is 2.00 bits per heavy atom. The van der Waals surface area contributed by atoms with Gasteiger partial charge in [0.25, 0.3) is 0 Å². The molecule has 81 valence electrons. The number of hydrogen-bond donors (Lipinski definition) is 1. The summed E-state index contributed by atoms with van der Waals surface area (Å²) in [6.07, 6.45) is 6.00.